The number of hydrogen-bond donors (Lipinski definition) is 1. The zero-order valence-electron chi connectivity index (χ0n) is 17.3. The molecular formula is C21H32N6O2. The maximum absolute atomic E-state index is 10.7. The second-order valence-corrected chi connectivity index (χ2v) is 9.09. The fraction of sp³-hybridized carbons (Fsp3) is 0.762. The second kappa shape index (κ2) is 7.81. The van der Waals surface area contributed by atoms with Gasteiger partial charge < -0.3 is 14.7 Å². The summed E-state index contributed by atoms with van der Waals surface area (Å²) < 4.78 is 7.35. The number of likely N-dealkylation sites (tertiary alicyclic amines) is 1. The van der Waals surface area contributed by atoms with E-state index >= 15 is 0 Å². The molecule has 0 saturated carbocycles. The summed E-state index contributed by atoms with van der Waals surface area (Å²) in [4.78, 5) is 5.00. The fourth-order valence-electron chi connectivity index (χ4n) is 5.57. The van der Waals surface area contributed by atoms with Gasteiger partial charge in [0, 0.05) is 45.4 Å². The molecule has 0 aliphatic carbocycles. The monoisotopic (exact) mass is 400 g/mol. The molecule has 0 radical (unpaired) electrons. The van der Waals surface area contributed by atoms with E-state index in [-0.39, 0.29) is 11.5 Å². The number of anilines is 1. The molecule has 3 aliphatic rings. The zero-order chi connectivity index (χ0) is 19.8. The van der Waals surface area contributed by atoms with Gasteiger partial charge in [-0.2, -0.15) is 9.61 Å². The van der Waals surface area contributed by atoms with Gasteiger partial charge in [-0.05, 0) is 50.0 Å². The largest absolute Gasteiger partial charge is 0.392 e. The predicted molar refractivity (Wildman–Crippen MR) is 110 cm³/mol. The maximum Gasteiger partial charge on any atom is 0.200 e. The molecule has 8 nitrogen and oxygen atoms in total. The van der Waals surface area contributed by atoms with Gasteiger partial charge in [-0.1, -0.05) is 6.92 Å². The number of aromatic nitrogens is 4. The van der Waals surface area contributed by atoms with Crippen LogP contribution in [-0.4, -0.2) is 81.4 Å². The van der Waals surface area contributed by atoms with Crippen molar-refractivity contribution >= 4 is 11.3 Å². The number of aryl methyl sites for hydroxylation is 1. The van der Waals surface area contributed by atoms with E-state index in [0.717, 1.165) is 94.9 Å². The van der Waals surface area contributed by atoms with Gasteiger partial charge in [0.15, 0.2) is 0 Å². The van der Waals surface area contributed by atoms with E-state index in [1.165, 1.54) is 0 Å². The fourth-order valence-corrected chi connectivity index (χ4v) is 5.57. The third kappa shape index (κ3) is 3.73. The van der Waals surface area contributed by atoms with Crippen LogP contribution in [0.25, 0.3) is 5.65 Å². The molecule has 2 aromatic heterocycles. The first-order valence-corrected chi connectivity index (χ1v) is 11.1. The van der Waals surface area contributed by atoms with Gasteiger partial charge in [-0.15, -0.1) is 10.2 Å². The number of aliphatic hydroxyl groups excluding tert-OH is 1. The molecule has 0 aromatic carbocycles. The topological polar surface area (TPSA) is 79.0 Å². The highest BCUT2D eigenvalue weighted by Gasteiger charge is 2.43. The molecular weight excluding hydrogens is 368 g/mol. The number of nitrogens with zero attached hydrogens (tertiary/aromatic N) is 6. The summed E-state index contributed by atoms with van der Waals surface area (Å²) in [5.74, 6) is 0. The lowest BCUT2D eigenvalue weighted by atomic mass is 9.71. The molecule has 5 heterocycles. The van der Waals surface area contributed by atoms with Crippen LogP contribution in [0.2, 0.25) is 0 Å². The second-order valence-electron chi connectivity index (χ2n) is 9.09. The van der Waals surface area contributed by atoms with Crippen LogP contribution >= 0.6 is 0 Å². The van der Waals surface area contributed by atoms with E-state index in [1.54, 1.807) is 10.8 Å². The average Bonchev–Trinajstić information content (AvgIpc) is 3.22. The van der Waals surface area contributed by atoms with Gasteiger partial charge in [-0.3, -0.25) is 4.90 Å². The molecule has 3 aliphatic heterocycles. The van der Waals surface area contributed by atoms with Crippen molar-refractivity contribution in [2.24, 2.45) is 5.41 Å². The van der Waals surface area contributed by atoms with Crippen molar-refractivity contribution in [1.82, 2.24) is 24.7 Å². The SMILES string of the molecule is CCc1cc(N2CCC3(CC2)CC(O)CN(C2CCOCC2)C3)c2nncn2n1. The third-order valence-corrected chi connectivity index (χ3v) is 7.19. The number of aliphatic hydroxyl groups is 1. The summed E-state index contributed by atoms with van der Waals surface area (Å²) in [5.41, 5.74) is 3.26. The summed E-state index contributed by atoms with van der Waals surface area (Å²) in [6, 6.07) is 2.74. The minimum absolute atomic E-state index is 0.214. The first kappa shape index (κ1) is 19.2. The molecule has 8 heteroatoms. The molecule has 1 N–H and O–H groups in total. The Morgan fingerprint density at radius 1 is 1.24 bits per heavy atom. The van der Waals surface area contributed by atoms with Crippen molar-refractivity contribution < 1.29 is 9.84 Å². The van der Waals surface area contributed by atoms with E-state index in [4.69, 9.17) is 4.74 Å². The van der Waals surface area contributed by atoms with E-state index < -0.39 is 0 Å². The Morgan fingerprint density at radius 3 is 2.79 bits per heavy atom. The van der Waals surface area contributed by atoms with Crippen LogP contribution in [0, 0.1) is 5.41 Å². The Labute approximate surface area is 171 Å². The number of rotatable bonds is 3. The number of hydrogen-bond acceptors (Lipinski definition) is 7. The molecule has 29 heavy (non-hydrogen) atoms. The van der Waals surface area contributed by atoms with Gasteiger partial charge in [0.25, 0.3) is 0 Å². The Morgan fingerprint density at radius 2 is 2.03 bits per heavy atom. The van der Waals surface area contributed by atoms with Crippen molar-refractivity contribution in [1.29, 1.82) is 0 Å². The molecule has 3 saturated heterocycles. The molecule has 158 valence electrons. The Hall–Kier alpha value is -1.77. The Kier molecular flexibility index (Phi) is 5.17. The summed E-state index contributed by atoms with van der Waals surface area (Å²) in [6.07, 6.45) is 7.69. The van der Waals surface area contributed by atoms with Gasteiger partial charge in [-0.25, -0.2) is 0 Å². The van der Waals surface area contributed by atoms with Gasteiger partial charge in [0.1, 0.15) is 6.33 Å². The highest BCUT2D eigenvalue weighted by molar-refractivity contribution is 5.68. The molecule has 1 unspecified atom stereocenters. The average molecular weight is 401 g/mol. The van der Waals surface area contributed by atoms with Crippen molar-refractivity contribution in [3.63, 3.8) is 0 Å². The quantitative estimate of drug-likeness (QED) is 0.837. The molecule has 3 fully saturated rings. The van der Waals surface area contributed by atoms with Crippen molar-refractivity contribution in [2.75, 3.05) is 44.3 Å². The summed E-state index contributed by atoms with van der Waals surface area (Å²) >= 11 is 0. The molecule has 0 amide bonds. The highest BCUT2D eigenvalue weighted by Crippen LogP contribution is 2.42. The summed E-state index contributed by atoms with van der Waals surface area (Å²) in [6.45, 7) is 7.75. The number of β-amino-alcohol motifs (C(OH)–C–C–N with tert-alkyl or cyclic N) is 1. The lowest BCUT2D eigenvalue weighted by Gasteiger charge is -2.51. The molecule has 1 spiro atoms. The standard InChI is InChI=1S/C21H32N6O2/c1-2-16-11-19(20-23-22-15-27(20)24-16)25-7-5-21(6-8-25)12-18(28)13-26(14-21)17-3-9-29-10-4-17/h11,15,17-18,28H,2-10,12-14H2,1H3. The van der Waals surface area contributed by atoms with Crippen molar-refractivity contribution in [3.8, 4) is 0 Å². The van der Waals surface area contributed by atoms with E-state index in [0.29, 0.717) is 6.04 Å². The Balaban J connectivity index is 1.32. The number of piperidine rings is 2. The van der Waals surface area contributed by atoms with E-state index in [9.17, 15) is 5.11 Å². The predicted octanol–water partition coefficient (Wildman–Crippen LogP) is 1.52. The lowest BCUT2D eigenvalue weighted by Crippen LogP contribution is -2.57. The summed E-state index contributed by atoms with van der Waals surface area (Å²) in [5, 5.41) is 23.6. The van der Waals surface area contributed by atoms with Crippen LogP contribution in [0.5, 0.6) is 0 Å². The number of fused-ring (bicyclic) bond motifs is 1. The number of ether oxygens (including phenoxy) is 1. The third-order valence-electron chi connectivity index (χ3n) is 7.19. The lowest BCUT2D eigenvalue weighted by molar-refractivity contribution is -0.0601. The first-order valence-electron chi connectivity index (χ1n) is 11.1. The van der Waals surface area contributed by atoms with E-state index in [1.807, 2.05) is 0 Å². The van der Waals surface area contributed by atoms with Crippen LogP contribution in [-0.2, 0) is 11.2 Å². The van der Waals surface area contributed by atoms with Crippen LogP contribution in [0.4, 0.5) is 5.69 Å². The minimum atomic E-state index is -0.214. The molecule has 0 bridgehead atoms. The molecule has 5 rings (SSSR count). The van der Waals surface area contributed by atoms with Gasteiger partial charge in [0.05, 0.1) is 17.5 Å². The van der Waals surface area contributed by atoms with Crippen LogP contribution in [0.1, 0.15) is 44.7 Å². The van der Waals surface area contributed by atoms with Gasteiger partial charge >= 0.3 is 0 Å². The van der Waals surface area contributed by atoms with E-state index in [2.05, 4.69) is 38.1 Å². The first-order chi connectivity index (χ1) is 14.2. The highest BCUT2D eigenvalue weighted by atomic mass is 16.5. The maximum atomic E-state index is 10.7. The van der Waals surface area contributed by atoms with Crippen molar-refractivity contribution in [3.05, 3.63) is 18.1 Å². The summed E-state index contributed by atoms with van der Waals surface area (Å²) in [7, 11) is 0. The normalized spacial score (nSPS) is 26.4. The Bertz CT molecular complexity index is 841. The van der Waals surface area contributed by atoms with Crippen LogP contribution in [0.3, 0.4) is 0 Å². The smallest absolute Gasteiger partial charge is 0.200 e. The van der Waals surface area contributed by atoms with Crippen molar-refractivity contribution in [2.45, 2.75) is 57.6 Å². The van der Waals surface area contributed by atoms with Crippen LogP contribution in [0.15, 0.2) is 12.4 Å². The molecule has 1 atom stereocenters. The minimum Gasteiger partial charge on any atom is -0.392 e. The molecule has 2 aromatic rings. The van der Waals surface area contributed by atoms with Crippen LogP contribution < -0.4 is 4.90 Å². The van der Waals surface area contributed by atoms with Gasteiger partial charge in [0.2, 0.25) is 5.65 Å². The zero-order valence-corrected chi connectivity index (χ0v) is 17.3.